The molecule has 0 radical (unpaired) electrons. The van der Waals surface area contributed by atoms with Crippen LogP contribution in [0.2, 0.25) is 10.0 Å². The molecule has 1 unspecified atom stereocenters. The van der Waals surface area contributed by atoms with Gasteiger partial charge in [0.1, 0.15) is 5.01 Å². The molecule has 1 aliphatic heterocycles. The molecule has 4 rings (SSSR count). The Morgan fingerprint density at radius 2 is 1.90 bits per heavy atom. The lowest BCUT2D eigenvalue weighted by molar-refractivity contribution is 0.102. The van der Waals surface area contributed by atoms with E-state index in [0.717, 1.165) is 18.4 Å². The number of nitrogens with one attached hydrogen (secondary N) is 2. The number of halogens is 2. The molecule has 2 N–H and O–H groups in total. The number of amides is 3. The van der Waals surface area contributed by atoms with Gasteiger partial charge in [-0.3, -0.25) is 4.79 Å². The lowest BCUT2D eigenvalue weighted by Crippen LogP contribution is -2.34. The Labute approximate surface area is 193 Å². The third-order valence-corrected chi connectivity index (χ3v) is 6.45. The molecule has 0 saturated carbocycles. The zero-order valence-electron chi connectivity index (χ0n) is 16.6. The van der Waals surface area contributed by atoms with E-state index < -0.39 is 0 Å². The van der Waals surface area contributed by atoms with Crippen molar-refractivity contribution in [2.24, 2.45) is 0 Å². The van der Waals surface area contributed by atoms with Crippen molar-refractivity contribution in [3.8, 4) is 0 Å². The van der Waals surface area contributed by atoms with Crippen LogP contribution in [0.5, 0.6) is 0 Å². The van der Waals surface area contributed by atoms with Crippen LogP contribution in [-0.4, -0.2) is 33.6 Å². The van der Waals surface area contributed by atoms with Crippen LogP contribution in [0.25, 0.3) is 0 Å². The van der Waals surface area contributed by atoms with Gasteiger partial charge < -0.3 is 15.5 Å². The van der Waals surface area contributed by atoms with Gasteiger partial charge >= 0.3 is 6.03 Å². The number of carbonyl (C=O) groups excluding carboxylic acids is 2. The summed E-state index contributed by atoms with van der Waals surface area (Å²) in [6, 6.07) is 11.8. The Morgan fingerprint density at radius 1 is 1.10 bits per heavy atom. The molecule has 1 fully saturated rings. The molecule has 160 valence electrons. The van der Waals surface area contributed by atoms with Gasteiger partial charge in [0.15, 0.2) is 0 Å². The first-order valence-corrected chi connectivity index (χ1v) is 11.2. The summed E-state index contributed by atoms with van der Waals surface area (Å²) in [6.45, 7) is 2.50. The second kappa shape index (κ2) is 9.21. The van der Waals surface area contributed by atoms with Crippen LogP contribution in [0, 0.1) is 6.92 Å². The summed E-state index contributed by atoms with van der Waals surface area (Å²) in [5.41, 5.74) is 2.17. The quantitative estimate of drug-likeness (QED) is 0.500. The first-order valence-electron chi connectivity index (χ1n) is 9.65. The number of hydrogen-bond donors (Lipinski definition) is 2. The monoisotopic (exact) mass is 475 g/mol. The van der Waals surface area contributed by atoms with Gasteiger partial charge in [0.05, 0.1) is 6.04 Å². The Kier molecular flexibility index (Phi) is 6.41. The predicted molar refractivity (Wildman–Crippen MR) is 123 cm³/mol. The number of aryl methyl sites for hydroxylation is 1. The molecule has 0 aliphatic carbocycles. The first-order chi connectivity index (χ1) is 14.9. The van der Waals surface area contributed by atoms with Gasteiger partial charge in [0.25, 0.3) is 5.91 Å². The maximum absolute atomic E-state index is 12.9. The maximum atomic E-state index is 12.9. The lowest BCUT2D eigenvalue weighted by atomic mass is 10.2. The van der Waals surface area contributed by atoms with Gasteiger partial charge in [-0.2, -0.15) is 0 Å². The summed E-state index contributed by atoms with van der Waals surface area (Å²) in [6.07, 6.45) is 1.60. The van der Waals surface area contributed by atoms with Crippen molar-refractivity contribution in [1.29, 1.82) is 0 Å². The molecule has 10 heteroatoms. The van der Waals surface area contributed by atoms with Gasteiger partial charge in [-0.1, -0.05) is 46.7 Å². The maximum Gasteiger partial charge on any atom is 0.322 e. The lowest BCUT2D eigenvalue weighted by Gasteiger charge is -2.23. The van der Waals surface area contributed by atoms with E-state index >= 15 is 0 Å². The molecule has 3 aromatic rings. The van der Waals surface area contributed by atoms with E-state index in [-0.39, 0.29) is 23.0 Å². The minimum Gasteiger partial charge on any atom is -0.320 e. The SMILES string of the molecule is Cc1ccc(Cl)cc1NC(=O)N1CCCC1c1nnc(C(=O)Nc2cccc(Cl)c2)s1. The fourth-order valence-corrected chi connectivity index (χ4v) is 4.64. The van der Waals surface area contributed by atoms with Crippen LogP contribution in [0.4, 0.5) is 16.2 Å². The average Bonchev–Trinajstić information content (AvgIpc) is 3.40. The topological polar surface area (TPSA) is 87.2 Å². The minimum atomic E-state index is -0.366. The van der Waals surface area contributed by atoms with Gasteiger partial charge in [0.2, 0.25) is 5.01 Å². The van der Waals surface area contributed by atoms with E-state index in [4.69, 9.17) is 23.2 Å². The van der Waals surface area contributed by atoms with Crippen molar-refractivity contribution in [1.82, 2.24) is 15.1 Å². The largest absolute Gasteiger partial charge is 0.322 e. The fraction of sp³-hybridized carbons (Fsp3) is 0.238. The predicted octanol–water partition coefficient (Wildman–Crippen LogP) is 5.77. The molecule has 1 aliphatic rings. The van der Waals surface area contributed by atoms with Crippen LogP contribution >= 0.6 is 34.5 Å². The van der Waals surface area contributed by atoms with Gasteiger partial charge in [-0.05, 0) is 55.7 Å². The smallest absolute Gasteiger partial charge is 0.320 e. The molecular formula is C21H19Cl2N5O2S. The average molecular weight is 476 g/mol. The highest BCUT2D eigenvalue weighted by atomic mass is 35.5. The standard InChI is InChI=1S/C21H19Cl2N5O2S/c1-12-7-8-14(23)11-16(12)25-21(30)28-9-3-6-17(28)19-26-27-20(31-19)18(29)24-15-5-2-4-13(22)10-15/h2,4-5,7-8,10-11,17H,3,6,9H2,1H3,(H,24,29)(H,25,30). The second-order valence-corrected chi connectivity index (χ2v) is 9.03. The van der Waals surface area contributed by atoms with Crippen LogP contribution in [0.1, 0.15) is 39.3 Å². The minimum absolute atomic E-state index is 0.229. The molecule has 3 amide bonds. The van der Waals surface area contributed by atoms with E-state index in [0.29, 0.717) is 33.0 Å². The van der Waals surface area contributed by atoms with E-state index in [1.54, 1.807) is 41.3 Å². The molecule has 1 atom stereocenters. The molecule has 0 spiro atoms. The highest BCUT2D eigenvalue weighted by Gasteiger charge is 2.33. The van der Waals surface area contributed by atoms with Crippen LogP contribution in [-0.2, 0) is 0 Å². The van der Waals surface area contributed by atoms with Crippen LogP contribution < -0.4 is 10.6 Å². The Hall–Kier alpha value is -2.68. The third kappa shape index (κ3) is 4.98. The summed E-state index contributed by atoms with van der Waals surface area (Å²) in [5.74, 6) is -0.366. The van der Waals surface area contributed by atoms with Crippen molar-refractivity contribution in [2.75, 3.05) is 17.2 Å². The number of benzene rings is 2. The second-order valence-electron chi connectivity index (χ2n) is 7.15. The number of anilines is 2. The first kappa shape index (κ1) is 21.5. The highest BCUT2D eigenvalue weighted by Crippen LogP contribution is 2.34. The van der Waals surface area contributed by atoms with Crippen LogP contribution in [0.3, 0.4) is 0 Å². The summed E-state index contributed by atoms with van der Waals surface area (Å²) in [4.78, 5) is 27.2. The molecular weight excluding hydrogens is 457 g/mol. The Bertz CT molecular complexity index is 1140. The normalized spacial score (nSPS) is 15.7. The molecule has 0 bridgehead atoms. The van der Waals surface area contributed by atoms with Gasteiger partial charge in [-0.25, -0.2) is 4.79 Å². The summed E-state index contributed by atoms with van der Waals surface area (Å²) in [5, 5.41) is 15.8. The molecule has 1 aromatic heterocycles. The molecule has 2 aromatic carbocycles. The number of carbonyl (C=O) groups is 2. The summed E-state index contributed by atoms with van der Waals surface area (Å²) < 4.78 is 0. The number of hydrogen-bond acceptors (Lipinski definition) is 5. The number of aromatic nitrogens is 2. The van der Waals surface area contributed by atoms with Crippen LogP contribution in [0.15, 0.2) is 42.5 Å². The van der Waals surface area contributed by atoms with E-state index in [1.165, 1.54) is 11.3 Å². The number of rotatable bonds is 4. The molecule has 1 saturated heterocycles. The molecule has 2 heterocycles. The molecule has 7 nitrogen and oxygen atoms in total. The van der Waals surface area contributed by atoms with Crippen molar-refractivity contribution in [3.05, 3.63) is 68.1 Å². The zero-order valence-corrected chi connectivity index (χ0v) is 18.9. The number of urea groups is 1. The molecule has 31 heavy (non-hydrogen) atoms. The fourth-order valence-electron chi connectivity index (χ4n) is 3.39. The van der Waals surface area contributed by atoms with Crippen molar-refractivity contribution in [3.63, 3.8) is 0 Å². The van der Waals surface area contributed by atoms with E-state index in [1.807, 2.05) is 13.0 Å². The summed E-state index contributed by atoms with van der Waals surface area (Å²) in [7, 11) is 0. The van der Waals surface area contributed by atoms with E-state index in [9.17, 15) is 9.59 Å². The zero-order chi connectivity index (χ0) is 22.0. The Balaban J connectivity index is 1.46. The summed E-state index contributed by atoms with van der Waals surface area (Å²) >= 11 is 13.2. The van der Waals surface area contributed by atoms with Crippen molar-refractivity contribution >= 4 is 57.9 Å². The number of nitrogens with zero attached hydrogens (tertiary/aromatic N) is 3. The third-order valence-electron chi connectivity index (χ3n) is 4.96. The van der Waals surface area contributed by atoms with E-state index in [2.05, 4.69) is 20.8 Å². The van der Waals surface area contributed by atoms with Gasteiger partial charge in [0, 0.05) is 28.0 Å². The highest BCUT2D eigenvalue weighted by molar-refractivity contribution is 7.13. The Morgan fingerprint density at radius 3 is 2.71 bits per heavy atom. The number of likely N-dealkylation sites (tertiary alicyclic amines) is 1. The van der Waals surface area contributed by atoms with Gasteiger partial charge in [-0.15, -0.1) is 10.2 Å². The van der Waals surface area contributed by atoms with Crippen molar-refractivity contribution < 1.29 is 9.59 Å². The van der Waals surface area contributed by atoms with Crippen molar-refractivity contribution in [2.45, 2.75) is 25.8 Å².